The quantitative estimate of drug-likeness (QED) is 0.477. The third-order valence-electron chi connectivity index (χ3n) is 4.08. The van der Waals surface area contributed by atoms with Crippen LogP contribution in [-0.4, -0.2) is 55.5 Å². The average Bonchev–Trinajstić information content (AvgIpc) is 2.57. The molecule has 0 atom stereocenters. The fourth-order valence-electron chi connectivity index (χ4n) is 2.91. The van der Waals surface area contributed by atoms with Crippen LogP contribution in [0.2, 0.25) is 0 Å². The minimum absolute atomic E-state index is 0.0249. The van der Waals surface area contributed by atoms with E-state index in [0.29, 0.717) is 38.3 Å². The van der Waals surface area contributed by atoms with Gasteiger partial charge in [-0.2, -0.15) is 4.31 Å². The molecule has 0 unspecified atom stereocenters. The molecule has 1 N–H and O–H groups in total. The Kier molecular flexibility index (Phi) is 8.19. The molecule has 0 aromatic heterocycles. The standard InChI is InChI=1S/C18H31N3O5S/c1-6-20(7-2)27(25,26)15-9-10-16(17(13-15)21(23)24)19(11-8-12-22)14-18(3,4)5/h9-10,13,22H,6-8,11-12,14H2,1-5H3. The number of rotatable bonds is 10. The van der Waals surface area contributed by atoms with Crippen molar-refractivity contribution in [3.8, 4) is 0 Å². The van der Waals surface area contributed by atoms with Crippen molar-refractivity contribution < 1.29 is 18.4 Å². The summed E-state index contributed by atoms with van der Waals surface area (Å²) in [4.78, 5) is 12.9. The molecule has 8 nitrogen and oxygen atoms in total. The van der Waals surface area contributed by atoms with Crippen LogP contribution in [0.4, 0.5) is 11.4 Å². The molecule has 27 heavy (non-hydrogen) atoms. The van der Waals surface area contributed by atoms with Gasteiger partial charge in [0.25, 0.3) is 5.69 Å². The maximum absolute atomic E-state index is 12.7. The Bertz CT molecular complexity index is 740. The minimum Gasteiger partial charge on any atom is -0.396 e. The molecule has 0 saturated heterocycles. The lowest BCUT2D eigenvalue weighted by Gasteiger charge is -2.31. The van der Waals surface area contributed by atoms with Crippen molar-refractivity contribution in [1.82, 2.24) is 4.31 Å². The lowest BCUT2D eigenvalue weighted by molar-refractivity contribution is -0.384. The van der Waals surface area contributed by atoms with Crippen molar-refractivity contribution in [3.63, 3.8) is 0 Å². The molecule has 0 saturated carbocycles. The number of nitrogens with zero attached hydrogens (tertiary/aromatic N) is 3. The number of anilines is 1. The van der Waals surface area contributed by atoms with E-state index < -0.39 is 14.9 Å². The summed E-state index contributed by atoms with van der Waals surface area (Å²) in [7, 11) is -3.78. The minimum atomic E-state index is -3.78. The first-order chi connectivity index (χ1) is 12.5. The summed E-state index contributed by atoms with van der Waals surface area (Å²) in [6.07, 6.45) is 0.465. The summed E-state index contributed by atoms with van der Waals surface area (Å²) < 4.78 is 26.7. The van der Waals surface area contributed by atoms with Crippen LogP contribution < -0.4 is 4.90 Å². The monoisotopic (exact) mass is 401 g/mol. The van der Waals surface area contributed by atoms with Gasteiger partial charge in [0.05, 0.1) is 9.82 Å². The molecule has 0 fully saturated rings. The summed E-state index contributed by atoms with van der Waals surface area (Å²) in [6.45, 7) is 11.0. The molecule has 1 aromatic rings. The molecule has 0 aliphatic rings. The number of nitro benzene ring substituents is 1. The predicted octanol–water partition coefficient (Wildman–Crippen LogP) is 2.86. The van der Waals surface area contributed by atoms with Gasteiger partial charge in [-0.25, -0.2) is 8.42 Å². The first-order valence-corrected chi connectivity index (χ1v) is 10.6. The van der Waals surface area contributed by atoms with E-state index in [1.807, 2.05) is 25.7 Å². The van der Waals surface area contributed by atoms with Gasteiger partial charge in [-0.1, -0.05) is 34.6 Å². The molecule has 0 bridgehead atoms. The Morgan fingerprint density at radius 3 is 2.22 bits per heavy atom. The molecule has 0 radical (unpaired) electrons. The van der Waals surface area contributed by atoms with Crippen LogP contribution in [0.15, 0.2) is 23.1 Å². The van der Waals surface area contributed by atoms with Crippen LogP contribution in [0.25, 0.3) is 0 Å². The van der Waals surface area contributed by atoms with E-state index in [1.54, 1.807) is 13.8 Å². The van der Waals surface area contributed by atoms with Crippen molar-refractivity contribution in [2.24, 2.45) is 5.41 Å². The summed E-state index contributed by atoms with van der Waals surface area (Å²) in [5.74, 6) is 0. The third-order valence-corrected chi connectivity index (χ3v) is 6.12. The van der Waals surface area contributed by atoms with Gasteiger partial charge in [-0.05, 0) is 24.0 Å². The largest absolute Gasteiger partial charge is 0.396 e. The molecule has 0 spiro atoms. The van der Waals surface area contributed by atoms with E-state index in [4.69, 9.17) is 5.11 Å². The maximum Gasteiger partial charge on any atom is 0.293 e. The Hall–Kier alpha value is -1.71. The van der Waals surface area contributed by atoms with Crippen molar-refractivity contribution in [1.29, 1.82) is 0 Å². The van der Waals surface area contributed by atoms with Crippen molar-refractivity contribution >= 4 is 21.4 Å². The zero-order valence-electron chi connectivity index (χ0n) is 16.8. The molecule has 0 aliphatic heterocycles. The van der Waals surface area contributed by atoms with E-state index in [9.17, 15) is 18.5 Å². The van der Waals surface area contributed by atoms with Gasteiger partial charge >= 0.3 is 0 Å². The Morgan fingerprint density at radius 1 is 1.19 bits per heavy atom. The number of aliphatic hydroxyl groups is 1. The highest BCUT2D eigenvalue weighted by molar-refractivity contribution is 7.89. The Labute approximate surface area is 162 Å². The Balaban J connectivity index is 3.46. The first kappa shape index (κ1) is 23.3. The van der Waals surface area contributed by atoms with Crippen molar-refractivity contribution in [2.75, 3.05) is 37.7 Å². The van der Waals surface area contributed by atoms with Crippen LogP contribution >= 0.6 is 0 Å². The molecule has 154 valence electrons. The second kappa shape index (κ2) is 9.48. The number of hydrogen-bond acceptors (Lipinski definition) is 6. The van der Waals surface area contributed by atoms with Crippen LogP contribution in [-0.2, 0) is 10.0 Å². The van der Waals surface area contributed by atoms with E-state index in [-0.39, 0.29) is 22.6 Å². The molecule has 9 heteroatoms. The van der Waals surface area contributed by atoms with Crippen LogP contribution in [0, 0.1) is 15.5 Å². The van der Waals surface area contributed by atoms with Crippen LogP contribution in [0.5, 0.6) is 0 Å². The number of hydrogen-bond donors (Lipinski definition) is 1. The van der Waals surface area contributed by atoms with Crippen LogP contribution in [0.3, 0.4) is 0 Å². The lowest BCUT2D eigenvalue weighted by Crippen LogP contribution is -2.34. The lowest BCUT2D eigenvalue weighted by atomic mass is 9.95. The number of nitro groups is 1. The van der Waals surface area contributed by atoms with Crippen LogP contribution in [0.1, 0.15) is 41.0 Å². The molecular weight excluding hydrogens is 370 g/mol. The first-order valence-electron chi connectivity index (χ1n) is 9.12. The second-order valence-corrected chi connectivity index (χ2v) is 9.49. The summed E-state index contributed by atoms with van der Waals surface area (Å²) in [5.41, 5.74) is -0.0118. The zero-order valence-corrected chi connectivity index (χ0v) is 17.6. The van der Waals surface area contributed by atoms with Gasteiger partial charge < -0.3 is 10.0 Å². The highest BCUT2D eigenvalue weighted by atomic mass is 32.2. The highest BCUT2D eigenvalue weighted by Gasteiger charge is 2.28. The van der Waals surface area contributed by atoms with Gasteiger partial charge in [0.15, 0.2) is 0 Å². The van der Waals surface area contributed by atoms with Gasteiger partial charge in [-0.3, -0.25) is 10.1 Å². The number of sulfonamides is 1. The van der Waals surface area contributed by atoms with E-state index >= 15 is 0 Å². The number of aliphatic hydroxyl groups excluding tert-OH is 1. The van der Waals surface area contributed by atoms with Gasteiger partial charge in [0.1, 0.15) is 5.69 Å². The molecule has 0 aliphatic carbocycles. The molecular formula is C18H31N3O5S. The third kappa shape index (κ3) is 6.15. The Morgan fingerprint density at radius 2 is 1.78 bits per heavy atom. The van der Waals surface area contributed by atoms with Crippen molar-refractivity contribution in [2.45, 2.75) is 45.9 Å². The SMILES string of the molecule is CCN(CC)S(=O)(=O)c1ccc(N(CCCO)CC(C)(C)C)c([N+](=O)[O-])c1. The van der Waals surface area contributed by atoms with E-state index in [0.717, 1.165) is 6.07 Å². The second-order valence-electron chi connectivity index (χ2n) is 7.56. The summed E-state index contributed by atoms with van der Waals surface area (Å²) in [5, 5.41) is 20.8. The van der Waals surface area contributed by atoms with Gasteiger partial charge in [0.2, 0.25) is 10.0 Å². The average molecular weight is 402 g/mol. The zero-order chi connectivity index (χ0) is 20.8. The summed E-state index contributed by atoms with van der Waals surface area (Å²) >= 11 is 0. The maximum atomic E-state index is 12.7. The highest BCUT2D eigenvalue weighted by Crippen LogP contribution is 2.33. The topological polar surface area (TPSA) is 104 Å². The molecule has 1 rings (SSSR count). The van der Waals surface area contributed by atoms with E-state index in [2.05, 4.69) is 0 Å². The molecule has 0 amide bonds. The predicted molar refractivity (Wildman–Crippen MR) is 107 cm³/mol. The normalized spacial score (nSPS) is 12.4. The van der Waals surface area contributed by atoms with Crippen molar-refractivity contribution in [3.05, 3.63) is 28.3 Å². The molecule has 1 aromatic carbocycles. The summed E-state index contributed by atoms with van der Waals surface area (Å²) in [6, 6.07) is 4.06. The fraction of sp³-hybridized carbons (Fsp3) is 0.667. The van der Waals surface area contributed by atoms with E-state index in [1.165, 1.54) is 16.4 Å². The fourth-order valence-corrected chi connectivity index (χ4v) is 4.39. The smallest absolute Gasteiger partial charge is 0.293 e. The van der Waals surface area contributed by atoms with Gasteiger partial charge in [0, 0.05) is 38.9 Å². The molecule has 0 heterocycles. The number of benzene rings is 1. The van der Waals surface area contributed by atoms with Gasteiger partial charge in [-0.15, -0.1) is 0 Å².